The molecule has 0 aliphatic carbocycles. The molecule has 0 saturated carbocycles. The first kappa shape index (κ1) is 17.3. The molecule has 2 aromatic rings. The molecule has 0 atom stereocenters. The van der Waals surface area contributed by atoms with E-state index in [4.69, 9.17) is 23.2 Å². The molecule has 1 aromatic carbocycles. The Morgan fingerprint density at radius 2 is 1.88 bits per heavy atom. The number of aryl methyl sites for hydroxylation is 1. The molecule has 1 aliphatic heterocycles. The van der Waals surface area contributed by atoms with Crippen molar-refractivity contribution in [2.24, 2.45) is 0 Å². The lowest BCUT2D eigenvalue weighted by atomic mass is 10.0. The predicted molar refractivity (Wildman–Crippen MR) is 96.1 cm³/mol. The molecule has 24 heavy (non-hydrogen) atoms. The summed E-state index contributed by atoms with van der Waals surface area (Å²) < 4.78 is 1.66. The Morgan fingerprint density at radius 3 is 2.54 bits per heavy atom. The van der Waals surface area contributed by atoms with Crippen LogP contribution in [-0.2, 0) is 6.54 Å². The van der Waals surface area contributed by atoms with Crippen LogP contribution in [0, 0.1) is 6.92 Å². The zero-order valence-electron chi connectivity index (χ0n) is 13.4. The van der Waals surface area contributed by atoms with Crippen molar-refractivity contribution in [3.8, 4) is 0 Å². The third-order valence-electron chi connectivity index (χ3n) is 4.49. The molecule has 3 rings (SSSR count). The Hall–Kier alpha value is -1.56. The van der Waals surface area contributed by atoms with Crippen molar-refractivity contribution in [2.75, 3.05) is 13.1 Å². The van der Waals surface area contributed by atoms with Crippen LogP contribution in [0.3, 0.4) is 0 Å². The van der Waals surface area contributed by atoms with Gasteiger partial charge in [-0.25, -0.2) is 4.79 Å². The van der Waals surface area contributed by atoms with Crippen molar-refractivity contribution in [3.05, 3.63) is 66.4 Å². The van der Waals surface area contributed by atoms with Crippen LogP contribution < -0.4 is 11.2 Å². The number of hydrogen-bond acceptors (Lipinski definition) is 3. The number of piperidine rings is 1. The lowest BCUT2D eigenvalue weighted by molar-refractivity contribution is 0.177. The van der Waals surface area contributed by atoms with Gasteiger partial charge in [-0.15, -0.1) is 0 Å². The zero-order valence-corrected chi connectivity index (χ0v) is 14.9. The fraction of sp³-hybridized carbons (Fsp3) is 0.412. The molecule has 1 saturated heterocycles. The quantitative estimate of drug-likeness (QED) is 0.906. The summed E-state index contributed by atoms with van der Waals surface area (Å²) in [5.41, 5.74) is 1.05. The maximum Gasteiger partial charge on any atom is 0.328 e. The minimum Gasteiger partial charge on any atom is -0.299 e. The monoisotopic (exact) mass is 367 g/mol. The maximum atomic E-state index is 12.0. The summed E-state index contributed by atoms with van der Waals surface area (Å²) >= 11 is 12.0. The number of benzene rings is 1. The second-order valence-corrected chi connectivity index (χ2v) is 7.05. The fourth-order valence-electron chi connectivity index (χ4n) is 3.11. The molecule has 5 nitrogen and oxygen atoms in total. The summed E-state index contributed by atoms with van der Waals surface area (Å²) in [4.78, 5) is 28.2. The van der Waals surface area contributed by atoms with Crippen LogP contribution in [-0.4, -0.2) is 27.5 Å². The first-order chi connectivity index (χ1) is 11.4. The molecule has 128 valence electrons. The van der Waals surface area contributed by atoms with Crippen LogP contribution in [0.5, 0.6) is 0 Å². The van der Waals surface area contributed by atoms with Gasteiger partial charge in [0.15, 0.2) is 0 Å². The van der Waals surface area contributed by atoms with Crippen LogP contribution in [0.15, 0.2) is 34.0 Å². The number of aromatic amines is 1. The van der Waals surface area contributed by atoms with E-state index >= 15 is 0 Å². The summed E-state index contributed by atoms with van der Waals surface area (Å²) in [6.45, 7) is 4.29. The second-order valence-electron chi connectivity index (χ2n) is 6.23. The van der Waals surface area contributed by atoms with Crippen molar-refractivity contribution in [1.29, 1.82) is 0 Å². The molecular weight excluding hydrogens is 349 g/mol. The number of halogens is 2. The highest BCUT2D eigenvalue weighted by Crippen LogP contribution is 2.25. The summed E-state index contributed by atoms with van der Waals surface area (Å²) in [5.74, 6) is 0. The molecule has 7 heteroatoms. The molecule has 0 amide bonds. The van der Waals surface area contributed by atoms with Crippen molar-refractivity contribution in [2.45, 2.75) is 32.4 Å². The van der Waals surface area contributed by atoms with Gasteiger partial charge in [0.2, 0.25) is 0 Å². The number of aromatic nitrogens is 2. The highest BCUT2D eigenvalue weighted by atomic mass is 35.5. The van der Waals surface area contributed by atoms with Gasteiger partial charge in [0.1, 0.15) is 0 Å². The zero-order chi connectivity index (χ0) is 17.3. The van der Waals surface area contributed by atoms with E-state index in [0.717, 1.165) is 38.0 Å². The Morgan fingerprint density at radius 1 is 1.17 bits per heavy atom. The second kappa shape index (κ2) is 7.13. The lowest BCUT2D eigenvalue weighted by Gasteiger charge is -2.32. The van der Waals surface area contributed by atoms with Crippen LogP contribution in [0.25, 0.3) is 0 Å². The van der Waals surface area contributed by atoms with E-state index in [0.29, 0.717) is 15.6 Å². The third-order valence-corrected chi connectivity index (χ3v) is 5.23. The van der Waals surface area contributed by atoms with E-state index in [1.165, 1.54) is 0 Å². The molecule has 0 unspecified atom stereocenters. The van der Waals surface area contributed by atoms with E-state index in [1.54, 1.807) is 17.7 Å². The lowest BCUT2D eigenvalue weighted by Crippen LogP contribution is -2.39. The van der Waals surface area contributed by atoms with Gasteiger partial charge in [-0.3, -0.25) is 19.2 Å². The first-order valence-corrected chi connectivity index (χ1v) is 8.68. The topological polar surface area (TPSA) is 58.1 Å². The Bertz CT molecular complexity index is 852. The average Bonchev–Trinajstić information content (AvgIpc) is 2.55. The highest BCUT2D eigenvalue weighted by molar-refractivity contribution is 6.42. The van der Waals surface area contributed by atoms with E-state index in [9.17, 15) is 9.59 Å². The number of nitrogens with one attached hydrogen (secondary N) is 1. The van der Waals surface area contributed by atoms with Crippen molar-refractivity contribution < 1.29 is 0 Å². The number of rotatable bonds is 3. The SMILES string of the molecule is Cc1cn(C2CCN(Cc3ccc(Cl)c(Cl)c3)CC2)c(=O)[nH]c1=O. The van der Waals surface area contributed by atoms with Crippen molar-refractivity contribution >= 4 is 23.2 Å². The summed E-state index contributed by atoms with van der Waals surface area (Å²) in [7, 11) is 0. The maximum absolute atomic E-state index is 12.0. The molecule has 0 spiro atoms. The van der Waals surface area contributed by atoms with Gasteiger partial charge in [-0.05, 0) is 37.5 Å². The Kier molecular flexibility index (Phi) is 5.13. The number of likely N-dealkylation sites (tertiary alicyclic amines) is 1. The van der Waals surface area contributed by atoms with Crippen LogP contribution in [0.4, 0.5) is 0 Å². The fourth-order valence-corrected chi connectivity index (χ4v) is 3.43. The van der Waals surface area contributed by atoms with Gasteiger partial charge in [-0.1, -0.05) is 29.3 Å². The van der Waals surface area contributed by atoms with Gasteiger partial charge in [0.25, 0.3) is 5.56 Å². The van der Waals surface area contributed by atoms with Gasteiger partial charge >= 0.3 is 5.69 Å². The largest absolute Gasteiger partial charge is 0.328 e. The summed E-state index contributed by atoms with van der Waals surface area (Å²) in [6.07, 6.45) is 3.40. The van der Waals surface area contributed by atoms with Crippen LogP contribution in [0.2, 0.25) is 10.0 Å². The number of hydrogen-bond donors (Lipinski definition) is 1. The molecule has 1 aromatic heterocycles. The molecule has 1 N–H and O–H groups in total. The first-order valence-electron chi connectivity index (χ1n) is 7.92. The van der Waals surface area contributed by atoms with Crippen molar-refractivity contribution in [3.63, 3.8) is 0 Å². The molecular formula is C17H19Cl2N3O2. The standard InChI is InChI=1S/C17H19Cl2N3O2/c1-11-9-22(17(24)20-16(11)23)13-4-6-21(7-5-13)10-12-2-3-14(18)15(19)8-12/h2-3,8-9,13H,4-7,10H2,1H3,(H,20,23,24). The average molecular weight is 368 g/mol. The minimum atomic E-state index is -0.325. The van der Waals surface area contributed by atoms with Gasteiger partial charge < -0.3 is 0 Å². The van der Waals surface area contributed by atoms with Crippen LogP contribution >= 0.6 is 23.2 Å². The van der Waals surface area contributed by atoms with Gasteiger partial charge in [-0.2, -0.15) is 0 Å². The van der Waals surface area contributed by atoms with Crippen LogP contribution in [0.1, 0.15) is 30.0 Å². The molecule has 0 bridgehead atoms. The normalized spacial score (nSPS) is 16.5. The van der Waals surface area contributed by atoms with E-state index in [-0.39, 0.29) is 17.3 Å². The Balaban J connectivity index is 1.65. The van der Waals surface area contributed by atoms with Gasteiger partial charge in [0.05, 0.1) is 10.0 Å². The van der Waals surface area contributed by atoms with Crippen molar-refractivity contribution in [1.82, 2.24) is 14.5 Å². The predicted octanol–water partition coefficient (Wildman–Crippen LogP) is 2.99. The Labute approximate surface area is 149 Å². The highest BCUT2D eigenvalue weighted by Gasteiger charge is 2.22. The summed E-state index contributed by atoms with van der Waals surface area (Å²) in [6, 6.07) is 5.81. The summed E-state index contributed by atoms with van der Waals surface area (Å²) in [5, 5.41) is 1.13. The van der Waals surface area contributed by atoms with E-state index in [2.05, 4.69) is 9.88 Å². The van der Waals surface area contributed by atoms with E-state index < -0.39 is 0 Å². The molecule has 0 radical (unpaired) electrons. The smallest absolute Gasteiger partial charge is 0.299 e. The molecule has 1 aliphatic rings. The number of nitrogens with zero attached hydrogens (tertiary/aromatic N) is 2. The molecule has 1 fully saturated rings. The minimum absolute atomic E-state index is 0.123. The number of H-pyrrole nitrogens is 1. The third kappa shape index (κ3) is 3.74. The van der Waals surface area contributed by atoms with Gasteiger partial charge in [0, 0.05) is 37.4 Å². The molecule has 2 heterocycles. The van der Waals surface area contributed by atoms with E-state index in [1.807, 2.05) is 18.2 Å².